The molecule has 1 fully saturated rings. The predicted molar refractivity (Wildman–Crippen MR) is 161 cm³/mol. The van der Waals surface area contributed by atoms with Gasteiger partial charge in [-0.05, 0) is 0 Å². The second kappa shape index (κ2) is 19.0. The molecule has 2 heterocycles. The molecule has 24 heteroatoms. The van der Waals surface area contributed by atoms with Gasteiger partial charge < -0.3 is 74.8 Å². The lowest BCUT2D eigenvalue weighted by Crippen LogP contribution is -2.89. The third kappa shape index (κ3) is 12.4. The van der Waals surface area contributed by atoms with Gasteiger partial charge in [0, 0.05) is 25.6 Å². The molecule has 1 saturated heterocycles. The zero-order valence-electron chi connectivity index (χ0n) is 26.4. The number of rotatable bonds is 10. The molecule has 8 amide bonds. The molecule has 0 saturated carbocycles. The minimum atomic E-state index is -1.79. The zero-order valence-corrected chi connectivity index (χ0v) is 26.4. The highest BCUT2D eigenvalue weighted by Gasteiger charge is 2.39. The Balaban J connectivity index is 2.55. The summed E-state index contributed by atoms with van der Waals surface area (Å²) in [5, 5.41) is 58.2. The van der Waals surface area contributed by atoms with Crippen LogP contribution in [-0.2, 0) is 28.8 Å². The Morgan fingerprint density at radius 1 is 1.00 bits per heavy atom. The summed E-state index contributed by atoms with van der Waals surface area (Å²) in [7, 11) is 0. The van der Waals surface area contributed by atoms with Crippen LogP contribution in [0.1, 0.15) is 19.3 Å². The summed E-state index contributed by atoms with van der Waals surface area (Å²) in [4.78, 5) is 93.0. The average Bonchev–Trinajstić information content (AvgIpc) is 3.03. The topological polar surface area (TPSA) is 418 Å². The van der Waals surface area contributed by atoms with Crippen LogP contribution in [0.2, 0.25) is 0 Å². The SMILES string of the molecule is NC(=O)N/C=C1\NC(=O)[C@H](CO)NC(=O)[C@H](CO)NC(=O)[C@@H](NC(=O)C[C@@H]([NH3+])[C@H](O)CC[NH3+])CNC(=O)[C@H]([C@H]2C[C@H](O)[NH+]=C(N)N2)NC1=O. The fraction of sp³-hybridized carbons (Fsp3) is 0.600. The van der Waals surface area contributed by atoms with Crippen LogP contribution >= 0.6 is 0 Å². The zero-order chi connectivity index (χ0) is 36.8. The van der Waals surface area contributed by atoms with Gasteiger partial charge in [0.2, 0.25) is 29.5 Å². The predicted octanol–water partition coefficient (Wildman–Crippen LogP) is -13.3. The van der Waals surface area contributed by atoms with E-state index in [0.717, 1.165) is 0 Å². The van der Waals surface area contributed by atoms with Crippen LogP contribution in [0.5, 0.6) is 0 Å². The monoisotopic (exact) mass is 704 g/mol. The van der Waals surface area contributed by atoms with Gasteiger partial charge in [-0.25, -0.2) is 4.79 Å². The van der Waals surface area contributed by atoms with Crippen molar-refractivity contribution < 1.29 is 70.4 Å². The van der Waals surface area contributed by atoms with Crippen LogP contribution in [-0.4, -0.2) is 143 Å². The van der Waals surface area contributed by atoms with Crippen molar-refractivity contribution in [3.05, 3.63) is 11.9 Å². The lowest BCUT2D eigenvalue weighted by Gasteiger charge is -2.30. The number of amides is 8. The van der Waals surface area contributed by atoms with E-state index in [1.54, 1.807) is 0 Å². The van der Waals surface area contributed by atoms with Gasteiger partial charge in [0.15, 0.2) is 6.23 Å². The number of nitrogens with two attached hydrogens (primary N) is 2. The van der Waals surface area contributed by atoms with Gasteiger partial charge in [0.05, 0.1) is 26.2 Å². The maximum absolute atomic E-state index is 13.6. The largest absolute Gasteiger partial charge is 0.394 e. The van der Waals surface area contributed by atoms with Gasteiger partial charge in [-0.2, -0.15) is 0 Å². The van der Waals surface area contributed by atoms with Crippen LogP contribution in [0.15, 0.2) is 11.9 Å². The quantitative estimate of drug-likeness (QED) is 0.0941. The van der Waals surface area contributed by atoms with E-state index in [2.05, 4.69) is 53.7 Å². The van der Waals surface area contributed by atoms with E-state index >= 15 is 0 Å². The second-order valence-corrected chi connectivity index (χ2v) is 11.1. The Bertz CT molecular complexity index is 1310. The molecule has 0 bridgehead atoms. The summed E-state index contributed by atoms with van der Waals surface area (Å²) in [5.74, 6) is -6.68. The minimum absolute atomic E-state index is 0.178. The summed E-state index contributed by atoms with van der Waals surface area (Å²) in [6.07, 6.45) is -1.98. The third-order valence-electron chi connectivity index (χ3n) is 7.23. The molecule has 49 heavy (non-hydrogen) atoms. The highest BCUT2D eigenvalue weighted by molar-refractivity contribution is 6.02. The number of aliphatic hydroxyl groups excluding tert-OH is 4. The van der Waals surface area contributed by atoms with E-state index in [0.29, 0.717) is 12.7 Å². The molecule has 24 nitrogen and oxygen atoms in total. The van der Waals surface area contributed by atoms with Crippen LogP contribution in [0.25, 0.3) is 0 Å². The second-order valence-electron chi connectivity index (χ2n) is 11.1. The fourth-order valence-electron chi connectivity index (χ4n) is 4.62. The van der Waals surface area contributed by atoms with Crippen molar-refractivity contribution in [2.75, 3.05) is 26.3 Å². The van der Waals surface area contributed by atoms with E-state index in [1.807, 2.05) is 5.32 Å². The molecule has 2 aliphatic rings. The van der Waals surface area contributed by atoms with Crippen molar-refractivity contribution in [1.82, 2.24) is 42.5 Å². The maximum atomic E-state index is 13.6. The normalized spacial score (nSPS) is 27.9. The average molecular weight is 705 g/mol. The molecule has 0 spiro atoms. The number of quaternary nitrogens is 2. The lowest BCUT2D eigenvalue weighted by molar-refractivity contribution is -0.565. The molecule has 274 valence electrons. The number of hydrogen-bond acceptors (Lipinski definition) is 13. The van der Waals surface area contributed by atoms with E-state index in [1.165, 1.54) is 0 Å². The summed E-state index contributed by atoms with van der Waals surface area (Å²) in [6.45, 7) is -2.38. The summed E-state index contributed by atoms with van der Waals surface area (Å²) >= 11 is 0. The molecule has 0 radical (unpaired) electrons. The van der Waals surface area contributed by atoms with Crippen molar-refractivity contribution in [2.24, 2.45) is 11.5 Å². The van der Waals surface area contributed by atoms with Crippen molar-refractivity contribution in [3.63, 3.8) is 0 Å². The van der Waals surface area contributed by atoms with E-state index in [-0.39, 0.29) is 25.2 Å². The number of hydrogen-bond donors (Lipinski definition) is 17. The smallest absolute Gasteiger partial charge is 0.343 e. The number of urea groups is 1. The van der Waals surface area contributed by atoms with Crippen LogP contribution in [0.4, 0.5) is 4.79 Å². The molecular weight excluding hydrogens is 658 g/mol. The van der Waals surface area contributed by atoms with Gasteiger partial charge in [-0.1, -0.05) is 0 Å². The van der Waals surface area contributed by atoms with Crippen molar-refractivity contribution in [2.45, 2.75) is 67.8 Å². The Hall–Kier alpha value is -5.14. The number of primary amides is 1. The molecule has 2 rings (SSSR count). The number of nitrogens with one attached hydrogen (secondary N) is 9. The van der Waals surface area contributed by atoms with Gasteiger partial charge in [0.1, 0.15) is 48.1 Å². The standard InChI is InChI=1S/C25H43N13O11/c26-2-1-15(41)9(27)3-16(42)32-11-5-30-23(48)18(10-4-17(43)37-24(28)36-10)38-20(45)12(6-31-25(29)49)33-21(46)13(7-39)35-22(47)14(8-40)34-19(11)44/h6,9-11,13-15,17-18,39-41,43H,1-5,7-8,26-27H2,(H,30,48)(H,32,42)(H,33,46)(H,34,44)(H,35,47)(H,38,45)(H3,28,36,37)(H3,29,31,49)/p+3/b12-6-/t9-,10-,11+,13+,14+,15-,17+,18+/m1/s1. The van der Waals surface area contributed by atoms with Crippen LogP contribution in [0.3, 0.4) is 0 Å². The number of carbonyl (C=O) groups excluding carboxylic acids is 7. The molecule has 0 aliphatic carbocycles. The first-order chi connectivity index (χ1) is 23.1. The maximum Gasteiger partial charge on any atom is 0.343 e. The molecule has 8 atom stereocenters. The Labute approximate surface area is 278 Å². The molecule has 0 aromatic heterocycles. The Morgan fingerprint density at radius 2 is 1.63 bits per heavy atom. The molecular formula is C25H46N13O11+3. The van der Waals surface area contributed by atoms with E-state index in [4.69, 9.17) is 11.5 Å². The third-order valence-corrected chi connectivity index (χ3v) is 7.23. The number of guanidine groups is 1. The molecule has 23 N–H and O–H groups in total. The first-order valence-corrected chi connectivity index (χ1v) is 15.0. The van der Waals surface area contributed by atoms with Crippen molar-refractivity contribution in [1.29, 1.82) is 0 Å². The van der Waals surface area contributed by atoms with Gasteiger partial charge in [-0.15, -0.1) is 0 Å². The molecule has 0 aromatic rings. The highest BCUT2D eigenvalue weighted by atomic mass is 16.3. The fourth-order valence-corrected chi connectivity index (χ4v) is 4.62. The summed E-state index contributed by atoms with van der Waals surface area (Å²) in [5.41, 5.74) is 17.5. The summed E-state index contributed by atoms with van der Waals surface area (Å²) in [6, 6.07) is -9.91. The Kier molecular flexibility index (Phi) is 15.5. The van der Waals surface area contributed by atoms with Gasteiger partial charge in [-0.3, -0.25) is 44.8 Å². The van der Waals surface area contributed by atoms with E-state index < -0.39 is 116 Å². The minimum Gasteiger partial charge on any atom is -0.394 e. The molecule has 0 unspecified atom stereocenters. The lowest BCUT2D eigenvalue weighted by atomic mass is 10.0. The molecule has 2 aliphatic heterocycles. The Morgan fingerprint density at radius 3 is 2.22 bits per heavy atom. The summed E-state index contributed by atoms with van der Waals surface area (Å²) < 4.78 is 0. The van der Waals surface area contributed by atoms with E-state index in [9.17, 15) is 54.0 Å². The van der Waals surface area contributed by atoms with Crippen LogP contribution < -0.4 is 70.5 Å². The number of aliphatic hydroxyl groups is 4. The van der Waals surface area contributed by atoms with Crippen LogP contribution in [0, 0.1) is 0 Å². The van der Waals surface area contributed by atoms with Gasteiger partial charge >= 0.3 is 12.0 Å². The molecule has 0 aromatic carbocycles. The first kappa shape index (κ1) is 40.0. The van der Waals surface area contributed by atoms with Gasteiger partial charge in [0.25, 0.3) is 5.91 Å². The highest BCUT2D eigenvalue weighted by Crippen LogP contribution is 2.06. The van der Waals surface area contributed by atoms with Crippen molar-refractivity contribution in [3.8, 4) is 0 Å². The van der Waals surface area contributed by atoms with Crippen molar-refractivity contribution >= 4 is 47.4 Å². The first-order valence-electron chi connectivity index (χ1n) is 15.0. The number of carbonyl (C=O) groups is 7.